The number of nitrogens with zero attached hydrogens (tertiary/aromatic N) is 4. The van der Waals surface area contributed by atoms with Crippen molar-refractivity contribution in [1.29, 1.82) is 0 Å². The molecule has 19 heteroatoms. The second kappa shape index (κ2) is 20.7. The molecule has 356 valence electrons. The SMILES string of the molecule is Cc1ccc(CCN(C(=O)C2=C(c3ccc(CCCOc4c(F)ccc(F)c4F)cc3)CC3CN(C(=O)Oc4cccc(CO[N+](=O)[O-])c4)CC2N3C(=O)OC(C)(C)C(Cl)(Cl)Cl)C2CC2)cc1. The number of carbonyl (C=O) groups is 3. The lowest BCUT2D eigenvalue weighted by Crippen LogP contribution is -2.66. The first-order valence-electron chi connectivity index (χ1n) is 21.7. The van der Waals surface area contributed by atoms with E-state index in [1.807, 2.05) is 60.4 Å². The van der Waals surface area contributed by atoms with E-state index in [4.69, 9.17) is 49.0 Å². The molecular formula is C48H48Cl3F3N4O9. The molecule has 1 aliphatic carbocycles. The van der Waals surface area contributed by atoms with E-state index in [2.05, 4.69) is 4.84 Å². The molecule has 67 heavy (non-hydrogen) atoms. The first-order chi connectivity index (χ1) is 31.8. The highest BCUT2D eigenvalue weighted by molar-refractivity contribution is 6.68. The van der Waals surface area contributed by atoms with Crippen LogP contribution in [0.25, 0.3) is 5.57 Å². The molecule has 4 aromatic carbocycles. The van der Waals surface area contributed by atoms with Crippen LogP contribution >= 0.6 is 34.8 Å². The van der Waals surface area contributed by atoms with Gasteiger partial charge < -0.3 is 28.8 Å². The summed E-state index contributed by atoms with van der Waals surface area (Å²) >= 11 is 18.8. The van der Waals surface area contributed by atoms with Crippen LogP contribution in [0.15, 0.2) is 90.5 Å². The van der Waals surface area contributed by atoms with Gasteiger partial charge in [-0.2, -0.15) is 4.39 Å². The van der Waals surface area contributed by atoms with Gasteiger partial charge in [-0.1, -0.05) is 101 Å². The Morgan fingerprint density at radius 1 is 0.866 bits per heavy atom. The zero-order valence-corrected chi connectivity index (χ0v) is 39.1. The molecule has 7 rings (SSSR count). The summed E-state index contributed by atoms with van der Waals surface area (Å²) in [6.07, 6.45) is 1.32. The third-order valence-corrected chi connectivity index (χ3v) is 13.4. The monoisotopic (exact) mass is 986 g/mol. The van der Waals surface area contributed by atoms with Gasteiger partial charge in [0, 0.05) is 31.2 Å². The summed E-state index contributed by atoms with van der Waals surface area (Å²) in [5.74, 6) is -4.64. The lowest BCUT2D eigenvalue weighted by molar-refractivity contribution is -0.763. The third-order valence-electron chi connectivity index (χ3n) is 12.0. The smallest absolute Gasteiger partial charge is 0.415 e. The Balaban J connectivity index is 1.22. The second-order valence-corrected chi connectivity index (χ2v) is 19.5. The normalized spacial score (nSPS) is 17.2. The zero-order valence-electron chi connectivity index (χ0n) is 36.8. The van der Waals surface area contributed by atoms with E-state index < -0.39 is 62.0 Å². The van der Waals surface area contributed by atoms with Gasteiger partial charge in [-0.15, -0.1) is 10.1 Å². The fourth-order valence-corrected chi connectivity index (χ4v) is 8.27. The van der Waals surface area contributed by atoms with Crippen LogP contribution in [-0.2, 0) is 33.8 Å². The number of benzene rings is 4. The standard InChI is InChI=1S/C48H48Cl3F3N4O9/c1-29-9-11-31(12-10-29)21-22-56(34-17-18-34)44(59)41-37(33-15-13-30(14-16-33)7-5-23-64-43-39(53)20-19-38(52)42(43)54)25-35-26-55(27-40(41)57(35)46(61)67-47(2,3)48(49,50)51)45(60)66-36-8-4-6-32(24-36)28-65-58(62)63/h4,6,8-16,19-20,24,34-35,40H,5,7,17-18,21-23,25-28H2,1-3H3. The van der Waals surface area contributed by atoms with Crippen LogP contribution in [0, 0.1) is 34.5 Å². The van der Waals surface area contributed by atoms with Crippen molar-refractivity contribution in [2.75, 3.05) is 26.2 Å². The maximum absolute atomic E-state index is 15.4. The first-order valence-corrected chi connectivity index (χ1v) is 22.8. The number of ether oxygens (including phenoxy) is 3. The van der Waals surface area contributed by atoms with Gasteiger partial charge in [-0.25, -0.2) is 18.4 Å². The quantitative estimate of drug-likeness (QED) is 0.0353. The molecule has 2 bridgehead atoms. The number of amides is 3. The summed E-state index contributed by atoms with van der Waals surface area (Å²) < 4.78 is 56.9. The van der Waals surface area contributed by atoms with Gasteiger partial charge in [0.05, 0.1) is 18.7 Å². The molecule has 0 N–H and O–H groups in total. The summed E-state index contributed by atoms with van der Waals surface area (Å²) in [5, 5.41) is 9.89. The van der Waals surface area contributed by atoms with Crippen LogP contribution in [0.4, 0.5) is 22.8 Å². The lowest BCUT2D eigenvalue weighted by atomic mass is 9.81. The van der Waals surface area contributed by atoms with Crippen molar-refractivity contribution in [3.05, 3.63) is 146 Å². The highest BCUT2D eigenvalue weighted by Crippen LogP contribution is 2.44. The van der Waals surface area contributed by atoms with Crippen molar-refractivity contribution >= 4 is 58.5 Å². The lowest BCUT2D eigenvalue weighted by Gasteiger charge is -2.51. The molecule has 0 aromatic heterocycles. The van der Waals surface area contributed by atoms with Gasteiger partial charge >= 0.3 is 12.2 Å². The number of hydrogen-bond donors (Lipinski definition) is 0. The third kappa shape index (κ3) is 11.9. The van der Waals surface area contributed by atoms with E-state index in [1.54, 1.807) is 12.1 Å². The molecule has 1 saturated carbocycles. The van der Waals surface area contributed by atoms with Crippen molar-refractivity contribution in [2.45, 2.75) is 93.4 Å². The molecule has 2 fully saturated rings. The minimum atomic E-state index is -2.04. The molecule has 2 atom stereocenters. The minimum absolute atomic E-state index is 0.0575. The Morgan fingerprint density at radius 3 is 2.21 bits per heavy atom. The second-order valence-electron chi connectivity index (χ2n) is 17.3. The van der Waals surface area contributed by atoms with Crippen molar-refractivity contribution in [3.8, 4) is 11.5 Å². The molecule has 13 nitrogen and oxygen atoms in total. The summed E-state index contributed by atoms with van der Waals surface area (Å²) in [6, 6.07) is 21.1. The van der Waals surface area contributed by atoms with Gasteiger partial charge in [0.2, 0.25) is 9.61 Å². The molecule has 2 unspecified atom stereocenters. The molecule has 3 amide bonds. The van der Waals surface area contributed by atoms with Crippen molar-refractivity contribution in [2.24, 2.45) is 0 Å². The molecular weight excluding hydrogens is 940 g/mol. The fraction of sp³-hybridized carbons (Fsp3) is 0.396. The number of carbonyl (C=O) groups excluding carboxylic acids is 3. The van der Waals surface area contributed by atoms with E-state index >= 15 is 4.79 Å². The molecule has 0 spiro atoms. The molecule has 2 heterocycles. The molecule has 1 saturated heterocycles. The van der Waals surface area contributed by atoms with Crippen molar-refractivity contribution in [1.82, 2.24) is 14.7 Å². The van der Waals surface area contributed by atoms with Gasteiger partial charge in [0.15, 0.2) is 23.0 Å². The van der Waals surface area contributed by atoms with Gasteiger partial charge in [-0.05, 0) is 111 Å². The maximum atomic E-state index is 15.4. The van der Waals surface area contributed by atoms with Crippen LogP contribution in [0.1, 0.15) is 67.3 Å². The number of piperazine rings is 1. The Bertz CT molecular complexity index is 2520. The molecule has 4 aromatic rings. The number of fused-ring (bicyclic) bond motifs is 2. The van der Waals surface area contributed by atoms with E-state index in [0.717, 1.165) is 35.6 Å². The van der Waals surface area contributed by atoms with Gasteiger partial charge in [0.25, 0.3) is 11.0 Å². The Morgan fingerprint density at radius 2 is 1.54 bits per heavy atom. The Kier molecular flexibility index (Phi) is 15.2. The predicted molar refractivity (Wildman–Crippen MR) is 244 cm³/mol. The van der Waals surface area contributed by atoms with E-state index in [1.165, 1.54) is 35.8 Å². The van der Waals surface area contributed by atoms with Crippen molar-refractivity contribution < 1.29 is 51.7 Å². The predicted octanol–water partition coefficient (Wildman–Crippen LogP) is 10.4. The highest BCUT2D eigenvalue weighted by atomic mass is 35.6. The topological polar surface area (TPSA) is 141 Å². The van der Waals surface area contributed by atoms with E-state index in [0.29, 0.717) is 48.6 Å². The molecule has 3 aliphatic rings. The van der Waals surface area contributed by atoms with Crippen LogP contribution in [-0.4, -0.2) is 91.6 Å². The Labute approximate surface area is 400 Å². The summed E-state index contributed by atoms with van der Waals surface area (Å²) in [6.45, 7) is 4.55. The number of halogens is 6. The largest absolute Gasteiger partial charge is 0.488 e. The number of alkyl halides is 3. The van der Waals surface area contributed by atoms with Crippen LogP contribution in [0.5, 0.6) is 11.5 Å². The zero-order chi connectivity index (χ0) is 48.2. The number of aryl methyl sites for hydroxylation is 2. The average molecular weight is 988 g/mol. The fourth-order valence-electron chi connectivity index (χ4n) is 8.16. The van der Waals surface area contributed by atoms with Crippen LogP contribution in [0.2, 0.25) is 0 Å². The van der Waals surface area contributed by atoms with Crippen LogP contribution < -0.4 is 9.47 Å². The number of hydrogen-bond acceptors (Lipinski definition) is 9. The average Bonchev–Trinajstić information content (AvgIpc) is 4.12. The summed E-state index contributed by atoms with van der Waals surface area (Å²) in [5.41, 5.74) is 3.34. The minimum Gasteiger partial charge on any atom is -0.488 e. The van der Waals surface area contributed by atoms with E-state index in [-0.39, 0.29) is 56.0 Å². The van der Waals surface area contributed by atoms with Gasteiger partial charge in [-0.3, -0.25) is 9.69 Å². The first kappa shape index (κ1) is 49.2. The molecule has 2 aliphatic heterocycles. The summed E-state index contributed by atoms with van der Waals surface area (Å²) in [7, 11) is 0. The van der Waals surface area contributed by atoms with Gasteiger partial charge in [0.1, 0.15) is 12.4 Å². The van der Waals surface area contributed by atoms with E-state index in [9.17, 15) is 32.9 Å². The van der Waals surface area contributed by atoms with Crippen molar-refractivity contribution in [3.63, 3.8) is 0 Å². The summed E-state index contributed by atoms with van der Waals surface area (Å²) in [4.78, 5) is 64.0. The maximum Gasteiger partial charge on any atom is 0.415 e. The van der Waals surface area contributed by atoms with Crippen LogP contribution in [0.3, 0.4) is 0 Å². The Hall–Kier alpha value is -5.71. The number of rotatable bonds is 16. The highest BCUT2D eigenvalue weighted by Gasteiger charge is 2.52. The molecule has 0 radical (unpaired) electrons.